The van der Waals surface area contributed by atoms with Gasteiger partial charge in [-0.2, -0.15) is 0 Å². The second-order valence-electron chi connectivity index (χ2n) is 4.82. The fourth-order valence-electron chi connectivity index (χ4n) is 2.49. The molecule has 1 heterocycles. The Morgan fingerprint density at radius 1 is 1.00 bits per heavy atom. The smallest absolute Gasteiger partial charge is 0.208 e. The van der Waals surface area contributed by atoms with E-state index >= 15 is 0 Å². The van der Waals surface area contributed by atoms with Gasteiger partial charge in [0.2, 0.25) is 5.43 Å². The van der Waals surface area contributed by atoms with Gasteiger partial charge in [0.25, 0.3) is 0 Å². The van der Waals surface area contributed by atoms with E-state index in [0.717, 1.165) is 0 Å². The zero-order valence-corrected chi connectivity index (χ0v) is 13.1. The number of nitrogens with zero attached hydrogens (tertiary/aromatic N) is 1. The third-order valence-electron chi connectivity index (χ3n) is 3.47. The minimum atomic E-state index is -0.292. The molecule has 2 aliphatic rings. The molecule has 0 radical (unpaired) electrons. The minimum Gasteiger partial charge on any atom is -0.449 e. The molecule has 22 heavy (non-hydrogen) atoms. The fourth-order valence-corrected chi connectivity index (χ4v) is 3.24. The lowest BCUT2D eigenvalue weighted by atomic mass is 10.0. The summed E-state index contributed by atoms with van der Waals surface area (Å²) in [6.45, 7) is 0. The highest BCUT2D eigenvalue weighted by Gasteiger charge is 2.21. The highest BCUT2D eigenvalue weighted by molar-refractivity contribution is 6.38. The monoisotopic (exact) mass is 349 g/mol. The molecule has 2 aromatic rings. The Morgan fingerprint density at radius 2 is 1.73 bits per heavy atom. The van der Waals surface area contributed by atoms with Crippen LogP contribution >= 0.6 is 34.8 Å². The molecule has 1 aliphatic heterocycles. The van der Waals surface area contributed by atoms with Crippen LogP contribution < -0.4 is 5.43 Å². The summed E-state index contributed by atoms with van der Waals surface area (Å²) >= 11 is 18.3. The number of rotatable bonds is 0. The van der Waals surface area contributed by atoms with E-state index < -0.39 is 0 Å². The molecule has 0 aromatic heterocycles. The average molecular weight is 351 g/mol. The number of hydrogen-bond acceptors (Lipinski definition) is 3. The van der Waals surface area contributed by atoms with Crippen molar-refractivity contribution in [1.29, 1.82) is 0 Å². The summed E-state index contributed by atoms with van der Waals surface area (Å²) in [7, 11) is 0. The first-order valence-electron chi connectivity index (χ1n) is 6.36. The Morgan fingerprint density at radius 3 is 2.50 bits per heavy atom. The lowest BCUT2D eigenvalue weighted by molar-refractivity contribution is 0.614. The zero-order chi connectivity index (χ0) is 15.4. The Balaban J connectivity index is 2.32. The molecule has 1 aliphatic carbocycles. The lowest BCUT2D eigenvalue weighted by Crippen LogP contribution is -2.06. The van der Waals surface area contributed by atoms with E-state index in [9.17, 15) is 4.79 Å². The van der Waals surface area contributed by atoms with Crippen LogP contribution in [-0.4, -0.2) is 4.98 Å². The molecule has 4 rings (SSSR count). The summed E-state index contributed by atoms with van der Waals surface area (Å²) in [5.74, 6) is 0.224. The average Bonchev–Trinajstić information content (AvgIpc) is 2.51. The van der Waals surface area contributed by atoms with Gasteiger partial charge in [-0.3, -0.25) is 4.79 Å². The van der Waals surface area contributed by atoms with Gasteiger partial charge in [0.05, 0.1) is 5.02 Å². The Kier molecular flexibility index (Phi) is 3.05. The number of aromatic nitrogens is 1. The molecule has 0 unspecified atom stereocenters. The maximum atomic E-state index is 12.3. The van der Waals surface area contributed by atoms with Gasteiger partial charge in [-0.25, -0.2) is 4.98 Å². The van der Waals surface area contributed by atoms with E-state index in [1.807, 2.05) is 6.07 Å². The number of halogens is 3. The number of benzene rings is 3. The van der Waals surface area contributed by atoms with Gasteiger partial charge < -0.3 is 4.42 Å². The van der Waals surface area contributed by atoms with Gasteiger partial charge in [-0.15, -0.1) is 0 Å². The van der Waals surface area contributed by atoms with E-state index in [2.05, 4.69) is 4.98 Å². The first-order valence-corrected chi connectivity index (χ1v) is 7.49. The Labute approximate surface area is 139 Å². The summed E-state index contributed by atoms with van der Waals surface area (Å²) in [5.41, 5.74) is 1.06. The van der Waals surface area contributed by atoms with E-state index in [4.69, 9.17) is 39.2 Å². The van der Waals surface area contributed by atoms with E-state index in [-0.39, 0.29) is 16.2 Å². The quantitative estimate of drug-likeness (QED) is 0.315. The van der Waals surface area contributed by atoms with Gasteiger partial charge in [0, 0.05) is 15.8 Å². The van der Waals surface area contributed by atoms with Gasteiger partial charge in [0.15, 0.2) is 11.3 Å². The van der Waals surface area contributed by atoms with Crippen LogP contribution in [0.15, 0.2) is 45.6 Å². The number of hydrogen-bond donors (Lipinski definition) is 0. The first kappa shape index (κ1) is 13.8. The predicted octanol–water partition coefficient (Wildman–Crippen LogP) is 5.41. The second kappa shape index (κ2) is 4.85. The number of fused-ring (bicyclic) bond motifs is 4. The van der Waals surface area contributed by atoms with Crippen LogP contribution in [0.1, 0.15) is 0 Å². The van der Waals surface area contributed by atoms with Crippen molar-refractivity contribution >= 4 is 56.7 Å². The molecule has 0 atom stereocenters. The molecule has 0 spiro atoms. The third-order valence-corrected chi connectivity index (χ3v) is 4.31. The van der Waals surface area contributed by atoms with Gasteiger partial charge in [-0.1, -0.05) is 59.1 Å². The first-order chi connectivity index (χ1) is 10.6. The summed E-state index contributed by atoms with van der Waals surface area (Å²) in [5, 5.41) is 1.93. The fraction of sp³-hybridized carbons (Fsp3) is 0. The van der Waals surface area contributed by atoms with Crippen LogP contribution in [0, 0.1) is 0 Å². The van der Waals surface area contributed by atoms with Gasteiger partial charge >= 0.3 is 0 Å². The maximum absolute atomic E-state index is 12.3. The van der Waals surface area contributed by atoms with Crippen molar-refractivity contribution in [3.63, 3.8) is 0 Å². The summed E-state index contributed by atoms with van der Waals surface area (Å²) in [6, 6.07) is 10.3. The molecular formula is C16H6Cl3NO2. The van der Waals surface area contributed by atoms with Gasteiger partial charge in [0.1, 0.15) is 16.2 Å². The topological polar surface area (TPSA) is 43.1 Å². The maximum Gasteiger partial charge on any atom is 0.208 e. The van der Waals surface area contributed by atoms with Crippen molar-refractivity contribution in [2.24, 2.45) is 0 Å². The van der Waals surface area contributed by atoms with Crippen LogP contribution in [0.2, 0.25) is 15.1 Å². The van der Waals surface area contributed by atoms with E-state index in [0.29, 0.717) is 37.6 Å². The van der Waals surface area contributed by atoms with Crippen LogP contribution in [0.25, 0.3) is 33.3 Å². The highest BCUT2D eigenvalue weighted by Crippen LogP contribution is 2.37. The van der Waals surface area contributed by atoms with Crippen molar-refractivity contribution in [2.75, 3.05) is 0 Å². The molecule has 0 N–H and O–H groups in total. The summed E-state index contributed by atoms with van der Waals surface area (Å²) in [6.07, 6.45) is 0. The molecule has 3 nitrogen and oxygen atoms in total. The Bertz CT molecular complexity index is 1090. The van der Waals surface area contributed by atoms with E-state index in [1.54, 1.807) is 30.3 Å². The standard InChI is InChI=1S/C16H6Cl3NO2/c17-7-5-10(18)15-11(6-7)20-13-8-3-1-2-4-9(8)14(21)12(19)16(13)22-15/h1-6H. The van der Waals surface area contributed by atoms with E-state index in [1.165, 1.54) is 0 Å². The molecule has 0 bridgehead atoms. The van der Waals surface area contributed by atoms with Crippen LogP contribution in [0.5, 0.6) is 0 Å². The second-order valence-corrected chi connectivity index (χ2v) is 6.04. The predicted molar refractivity (Wildman–Crippen MR) is 89.4 cm³/mol. The van der Waals surface area contributed by atoms with Crippen molar-refractivity contribution < 1.29 is 4.42 Å². The minimum absolute atomic E-state index is 0.00545. The van der Waals surface area contributed by atoms with Gasteiger partial charge in [-0.05, 0) is 12.1 Å². The Hall–Kier alpha value is -1.81. The molecule has 0 amide bonds. The molecule has 0 saturated heterocycles. The van der Waals surface area contributed by atoms with Crippen LogP contribution in [-0.2, 0) is 0 Å². The largest absolute Gasteiger partial charge is 0.449 e. The molecule has 108 valence electrons. The summed E-state index contributed by atoms with van der Waals surface area (Å²) in [4.78, 5) is 16.9. The van der Waals surface area contributed by atoms with Crippen molar-refractivity contribution in [1.82, 2.24) is 4.98 Å². The van der Waals surface area contributed by atoms with Crippen LogP contribution in [0.4, 0.5) is 0 Å². The van der Waals surface area contributed by atoms with Crippen molar-refractivity contribution in [3.05, 3.63) is 61.7 Å². The molecule has 2 aromatic carbocycles. The third kappa shape index (κ3) is 1.90. The highest BCUT2D eigenvalue weighted by atomic mass is 35.5. The van der Waals surface area contributed by atoms with Crippen molar-refractivity contribution in [2.45, 2.75) is 0 Å². The SMILES string of the molecule is O=c1c(Cl)c2oc3c(Cl)cc(Cl)cc3nc-2c2ccccc12. The zero-order valence-electron chi connectivity index (χ0n) is 10.9. The normalized spacial score (nSPS) is 11.6. The molecule has 0 saturated carbocycles. The summed E-state index contributed by atoms with van der Waals surface area (Å²) < 4.78 is 5.77. The van der Waals surface area contributed by atoms with Crippen molar-refractivity contribution in [3.8, 4) is 11.5 Å². The van der Waals surface area contributed by atoms with Crippen LogP contribution in [0.3, 0.4) is 0 Å². The molecule has 6 heteroatoms. The lowest BCUT2D eigenvalue weighted by Gasteiger charge is -2.11. The molecule has 0 fully saturated rings. The molecular weight excluding hydrogens is 345 g/mol.